The van der Waals surface area contributed by atoms with Crippen molar-refractivity contribution in [2.75, 3.05) is 13.7 Å². The molecule has 2 atom stereocenters. The first-order valence-electron chi connectivity index (χ1n) is 8.10. The summed E-state index contributed by atoms with van der Waals surface area (Å²) >= 11 is 0. The Hall–Kier alpha value is -2.18. The van der Waals surface area contributed by atoms with Gasteiger partial charge in [-0.25, -0.2) is 4.68 Å². The third kappa shape index (κ3) is 3.34. The average molecular weight is 329 g/mol. The molecule has 24 heavy (non-hydrogen) atoms. The van der Waals surface area contributed by atoms with Crippen molar-refractivity contribution < 1.29 is 14.6 Å². The molecule has 2 aromatic rings. The summed E-state index contributed by atoms with van der Waals surface area (Å²) in [5.41, 5.74) is 4.18. The Kier molecular flexibility index (Phi) is 4.69. The number of carbonyl (C=O) groups is 1. The first-order valence-corrected chi connectivity index (χ1v) is 8.10. The Labute approximate surface area is 141 Å². The van der Waals surface area contributed by atoms with Crippen molar-refractivity contribution in [3.05, 3.63) is 47.3 Å². The number of methoxy groups -OCH3 is 1. The highest BCUT2D eigenvalue weighted by molar-refractivity contribution is 5.76. The van der Waals surface area contributed by atoms with E-state index in [0.717, 1.165) is 22.6 Å². The second kappa shape index (κ2) is 6.75. The number of aliphatic hydroxyl groups excluding tert-OH is 1. The topological polar surface area (TPSA) is 67.6 Å². The molecule has 1 aliphatic heterocycles. The third-order valence-electron chi connectivity index (χ3n) is 4.43. The molecule has 1 N–H and O–H groups in total. The van der Waals surface area contributed by atoms with E-state index < -0.39 is 6.10 Å². The molecule has 0 aliphatic carbocycles. The summed E-state index contributed by atoms with van der Waals surface area (Å²) in [4.78, 5) is 13.8. The van der Waals surface area contributed by atoms with Crippen LogP contribution in [0, 0.1) is 13.8 Å². The molecule has 6 heteroatoms. The molecule has 1 aliphatic rings. The quantitative estimate of drug-likeness (QED) is 0.863. The second-order valence-corrected chi connectivity index (χ2v) is 6.36. The fourth-order valence-corrected chi connectivity index (χ4v) is 3.30. The molecule has 0 spiro atoms. The maximum absolute atomic E-state index is 11.9. The number of esters is 1. The molecule has 2 heterocycles. The lowest BCUT2D eigenvalue weighted by Gasteiger charge is -2.22. The van der Waals surface area contributed by atoms with Gasteiger partial charge in [-0.05, 0) is 37.6 Å². The zero-order chi connectivity index (χ0) is 17.3. The zero-order valence-electron chi connectivity index (χ0n) is 14.3. The van der Waals surface area contributed by atoms with Crippen molar-refractivity contribution in [3.8, 4) is 5.69 Å². The summed E-state index contributed by atoms with van der Waals surface area (Å²) in [5, 5.41) is 14.3. The lowest BCUT2D eigenvalue weighted by Crippen LogP contribution is -2.36. The average Bonchev–Trinajstić information content (AvgIpc) is 3.09. The summed E-state index contributed by atoms with van der Waals surface area (Å²) < 4.78 is 6.75. The van der Waals surface area contributed by atoms with E-state index >= 15 is 0 Å². The van der Waals surface area contributed by atoms with E-state index in [1.54, 1.807) is 0 Å². The van der Waals surface area contributed by atoms with Crippen LogP contribution in [0.1, 0.15) is 23.4 Å². The monoisotopic (exact) mass is 329 g/mol. The SMILES string of the molecule is COC(=O)[C@@H]1C[C@H](O)CN1Cc1ccc(-n2nc(C)cc2C)cc1. The van der Waals surface area contributed by atoms with Crippen molar-refractivity contribution in [2.24, 2.45) is 0 Å². The standard InChI is InChI=1S/C18H23N3O3/c1-12-8-13(2)21(19-12)15-6-4-14(5-7-15)10-20-11-16(22)9-17(20)18(23)24-3/h4-8,16-17,22H,9-11H2,1-3H3/t16-,17-/m0/s1. The van der Waals surface area contributed by atoms with Gasteiger partial charge in [-0.1, -0.05) is 12.1 Å². The van der Waals surface area contributed by atoms with Crippen LogP contribution in [-0.2, 0) is 16.1 Å². The molecular formula is C18H23N3O3. The van der Waals surface area contributed by atoms with Crippen molar-refractivity contribution in [1.82, 2.24) is 14.7 Å². The fourth-order valence-electron chi connectivity index (χ4n) is 3.30. The van der Waals surface area contributed by atoms with Gasteiger partial charge in [0.2, 0.25) is 0 Å². The van der Waals surface area contributed by atoms with Crippen LogP contribution in [0.5, 0.6) is 0 Å². The number of rotatable bonds is 4. The first-order chi connectivity index (χ1) is 11.5. The van der Waals surface area contributed by atoms with E-state index in [-0.39, 0.29) is 12.0 Å². The van der Waals surface area contributed by atoms with Crippen molar-refractivity contribution in [3.63, 3.8) is 0 Å². The van der Waals surface area contributed by atoms with E-state index in [0.29, 0.717) is 19.5 Å². The van der Waals surface area contributed by atoms with Gasteiger partial charge in [0.15, 0.2) is 0 Å². The van der Waals surface area contributed by atoms with Crippen molar-refractivity contribution in [1.29, 1.82) is 0 Å². The van der Waals surface area contributed by atoms with Gasteiger partial charge >= 0.3 is 5.97 Å². The van der Waals surface area contributed by atoms with E-state index in [4.69, 9.17) is 4.74 Å². The van der Waals surface area contributed by atoms with Gasteiger partial charge in [0.25, 0.3) is 0 Å². The molecule has 0 radical (unpaired) electrons. The van der Waals surface area contributed by atoms with Crippen LogP contribution in [0.15, 0.2) is 30.3 Å². The number of hydrogen-bond acceptors (Lipinski definition) is 5. The van der Waals surface area contributed by atoms with Gasteiger partial charge in [-0.15, -0.1) is 0 Å². The molecule has 0 bridgehead atoms. The second-order valence-electron chi connectivity index (χ2n) is 6.36. The van der Waals surface area contributed by atoms with E-state index in [2.05, 4.69) is 5.10 Å². The Balaban J connectivity index is 1.74. The molecule has 1 saturated heterocycles. The van der Waals surface area contributed by atoms with Gasteiger partial charge in [-0.3, -0.25) is 9.69 Å². The molecule has 0 amide bonds. The van der Waals surface area contributed by atoms with E-state index in [1.165, 1.54) is 7.11 Å². The smallest absolute Gasteiger partial charge is 0.323 e. The lowest BCUT2D eigenvalue weighted by atomic mass is 10.1. The molecule has 128 valence electrons. The van der Waals surface area contributed by atoms with Gasteiger partial charge in [0.1, 0.15) is 6.04 Å². The van der Waals surface area contributed by atoms with Crippen molar-refractivity contribution in [2.45, 2.75) is 39.0 Å². The number of hydrogen-bond donors (Lipinski definition) is 1. The highest BCUT2D eigenvalue weighted by Crippen LogP contribution is 2.22. The van der Waals surface area contributed by atoms with E-state index in [9.17, 15) is 9.90 Å². The van der Waals surface area contributed by atoms with Crippen LogP contribution in [0.2, 0.25) is 0 Å². The Morgan fingerprint density at radius 2 is 2.04 bits per heavy atom. The number of aryl methyl sites for hydroxylation is 2. The van der Waals surface area contributed by atoms with Crippen LogP contribution in [0.25, 0.3) is 5.69 Å². The van der Waals surface area contributed by atoms with Gasteiger partial charge in [-0.2, -0.15) is 5.10 Å². The molecule has 1 fully saturated rings. The zero-order valence-corrected chi connectivity index (χ0v) is 14.3. The van der Waals surface area contributed by atoms with Crippen LogP contribution in [0.4, 0.5) is 0 Å². The molecule has 0 unspecified atom stereocenters. The predicted octanol–water partition coefficient (Wildman–Crippen LogP) is 1.60. The number of aromatic nitrogens is 2. The highest BCUT2D eigenvalue weighted by atomic mass is 16.5. The number of nitrogens with zero attached hydrogens (tertiary/aromatic N) is 3. The van der Waals surface area contributed by atoms with Crippen LogP contribution < -0.4 is 0 Å². The molecule has 1 aromatic heterocycles. The van der Waals surface area contributed by atoms with E-state index in [1.807, 2.05) is 53.8 Å². The van der Waals surface area contributed by atoms with Crippen LogP contribution in [0.3, 0.4) is 0 Å². The summed E-state index contributed by atoms with van der Waals surface area (Å²) in [6, 6.07) is 9.78. The van der Waals surface area contributed by atoms with Gasteiger partial charge in [0, 0.05) is 25.2 Å². The van der Waals surface area contributed by atoms with Gasteiger partial charge < -0.3 is 9.84 Å². The Bertz CT molecular complexity index is 724. The minimum Gasteiger partial charge on any atom is -0.468 e. The van der Waals surface area contributed by atoms with Crippen LogP contribution >= 0.6 is 0 Å². The fraction of sp³-hybridized carbons (Fsp3) is 0.444. The largest absolute Gasteiger partial charge is 0.468 e. The summed E-state index contributed by atoms with van der Waals surface area (Å²) in [5.74, 6) is -0.286. The predicted molar refractivity (Wildman–Crippen MR) is 89.9 cm³/mol. The number of β-amino-alcohol motifs (C(OH)–C–C–N with tert-alkyl or cyclic N) is 1. The molecule has 3 rings (SSSR count). The Morgan fingerprint density at radius 3 is 2.62 bits per heavy atom. The number of carbonyl (C=O) groups excluding carboxylic acids is 1. The minimum atomic E-state index is -0.483. The third-order valence-corrected chi connectivity index (χ3v) is 4.43. The molecule has 6 nitrogen and oxygen atoms in total. The Morgan fingerprint density at radius 1 is 1.33 bits per heavy atom. The summed E-state index contributed by atoms with van der Waals surface area (Å²) in [6.07, 6.45) is -0.0562. The van der Waals surface area contributed by atoms with Gasteiger partial charge in [0.05, 0.1) is 24.6 Å². The lowest BCUT2D eigenvalue weighted by molar-refractivity contribution is -0.146. The molecule has 1 aromatic carbocycles. The summed E-state index contributed by atoms with van der Waals surface area (Å²) in [7, 11) is 1.38. The number of likely N-dealkylation sites (tertiary alicyclic amines) is 1. The number of ether oxygens (including phenoxy) is 1. The normalized spacial score (nSPS) is 21.2. The maximum atomic E-state index is 11.9. The number of aliphatic hydroxyl groups is 1. The van der Waals surface area contributed by atoms with Crippen LogP contribution in [-0.4, -0.2) is 51.6 Å². The summed E-state index contributed by atoms with van der Waals surface area (Å²) in [6.45, 7) is 5.09. The maximum Gasteiger partial charge on any atom is 0.323 e. The molecular weight excluding hydrogens is 306 g/mol. The number of benzene rings is 1. The molecule has 0 saturated carbocycles. The van der Waals surface area contributed by atoms with Crippen molar-refractivity contribution >= 4 is 5.97 Å². The minimum absolute atomic E-state index is 0.286. The first kappa shape index (κ1) is 16.7. The highest BCUT2D eigenvalue weighted by Gasteiger charge is 2.36.